The Balaban J connectivity index is 0.000000795. The van der Waals surface area contributed by atoms with Crippen LogP contribution in [0.4, 0.5) is 11.5 Å². The normalized spacial score (nSPS) is 14.1. The van der Waals surface area contributed by atoms with Gasteiger partial charge in [0.15, 0.2) is 20.7 Å². The van der Waals surface area contributed by atoms with Crippen molar-refractivity contribution < 1.29 is 27.4 Å². The van der Waals surface area contributed by atoms with Gasteiger partial charge in [-0.3, -0.25) is 4.79 Å². The molecule has 0 unspecified atom stereocenters. The maximum atomic E-state index is 11.7. The number of aromatic nitrogens is 3. The standard InChI is InChI=1S/C20H29N5O4S.C4H8O2.C2H6/c1-13(2)28-18-19(24-16-6-7-17(23-14(16)3)30(5,26)27)21-12-22-20(18)29-15-8-10-25(4)11-9-15;1-4(2)6-3-5;1-2/h6-7,12-13,15H,8-11H2,1-5H3,(H,21,22,24);3-4H,1-2H3;1-2H3. The quantitative estimate of drug-likeness (QED) is 0.448. The monoisotopic (exact) mass is 553 g/mol. The van der Waals surface area contributed by atoms with Crippen molar-refractivity contribution in [3.8, 4) is 11.6 Å². The Morgan fingerprint density at radius 1 is 1.08 bits per heavy atom. The predicted molar refractivity (Wildman–Crippen MR) is 148 cm³/mol. The molecule has 0 aliphatic carbocycles. The smallest absolute Gasteiger partial charge is 0.293 e. The summed E-state index contributed by atoms with van der Waals surface area (Å²) in [5.41, 5.74) is 1.16. The molecule has 1 fully saturated rings. The molecule has 0 spiro atoms. The van der Waals surface area contributed by atoms with Crippen LogP contribution in [0, 0.1) is 6.92 Å². The molecule has 1 aliphatic rings. The second kappa shape index (κ2) is 16.1. The molecule has 1 N–H and O–H groups in total. The Morgan fingerprint density at radius 2 is 1.71 bits per heavy atom. The topological polar surface area (TPSA) is 133 Å². The van der Waals surface area contributed by atoms with E-state index in [1.165, 1.54) is 12.4 Å². The molecule has 3 rings (SSSR count). The van der Waals surface area contributed by atoms with Crippen molar-refractivity contribution in [1.29, 1.82) is 0 Å². The Bertz CT molecular complexity index is 1100. The van der Waals surface area contributed by atoms with Crippen molar-refractivity contribution in [3.63, 3.8) is 0 Å². The van der Waals surface area contributed by atoms with Crippen LogP contribution >= 0.6 is 0 Å². The zero-order valence-electron chi connectivity index (χ0n) is 24.0. The average Bonchev–Trinajstić information content (AvgIpc) is 2.84. The fourth-order valence-electron chi connectivity index (χ4n) is 3.25. The van der Waals surface area contributed by atoms with Gasteiger partial charge in [-0.1, -0.05) is 13.8 Å². The number of sulfone groups is 1. The number of aryl methyl sites for hydroxylation is 1. The van der Waals surface area contributed by atoms with E-state index in [0.29, 0.717) is 35.3 Å². The second-order valence-corrected chi connectivity index (χ2v) is 11.1. The maximum Gasteiger partial charge on any atom is 0.293 e. The molecule has 2 aromatic rings. The molecule has 0 amide bonds. The van der Waals surface area contributed by atoms with Crippen LogP contribution in [0.25, 0.3) is 0 Å². The average molecular weight is 554 g/mol. The lowest BCUT2D eigenvalue weighted by Gasteiger charge is -2.29. The summed E-state index contributed by atoms with van der Waals surface area (Å²) in [7, 11) is -1.28. The molecule has 38 heavy (non-hydrogen) atoms. The number of rotatable bonds is 9. The molecule has 12 heteroatoms. The highest BCUT2D eigenvalue weighted by Gasteiger charge is 2.23. The molecule has 0 aromatic carbocycles. The minimum atomic E-state index is -3.38. The van der Waals surface area contributed by atoms with Gasteiger partial charge in [-0.2, -0.15) is 4.98 Å². The Hall–Kier alpha value is -2.99. The van der Waals surface area contributed by atoms with E-state index in [9.17, 15) is 13.2 Å². The fourth-order valence-corrected chi connectivity index (χ4v) is 3.87. The third-order valence-corrected chi connectivity index (χ3v) is 6.08. The lowest BCUT2D eigenvalue weighted by molar-refractivity contribution is -0.131. The van der Waals surface area contributed by atoms with E-state index in [4.69, 9.17) is 9.47 Å². The Kier molecular flexibility index (Phi) is 14.0. The zero-order valence-corrected chi connectivity index (χ0v) is 24.8. The molecule has 1 saturated heterocycles. The summed E-state index contributed by atoms with van der Waals surface area (Å²) in [4.78, 5) is 24.5. The molecule has 0 atom stereocenters. The molecule has 3 heterocycles. The fraction of sp³-hybridized carbons (Fsp3) is 0.615. The highest BCUT2D eigenvalue weighted by Crippen LogP contribution is 2.36. The van der Waals surface area contributed by atoms with Crippen molar-refractivity contribution in [2.45, 2.75) is 84.6 Å². The van der Waals surface area contributed by atoms with Gasteiger partial charge in [-0.05, 0) is 66.6 Å². The van der Waals surface area contributed by atoms with E-state index >= 15 is 0 Å². The van der Waals surface area contributed by atoms with Gasteiger partial charge in [-0.15, -0.1) is 0 Å². The predicted octanol–water partition coefficient (Wildman–Crippen LogP) is 4.18. The molecule has 2 aromatic heterocycles. The van der Waals surface area contributed by atoms with Crippen LogP contribution in [0.5, 0.6) is 11.6 Å². The summed E-state index contributed by atoms with van der Waals surface area (Å²) < 4.78 is 40.0. The van der Waals surface area contributed by atoms with Crippen molar-refractivity contribution in [1.82, 2.24) is 19.9 Å². The van der Waals surface area contributed by atoms with E-state index in [-0.39, 0.29) is 23.3 Å². The van der Waals surface area contributed by atoms with Gasteiger partial charge in [0.2, 0.25) is 5.75 Å². The first-order chi connectivity index (χ1) is 17.9. The van der Waals surface area contributed by atoms with Crippen molar-refractivity contribution in [2.24, 2.45) is 0 Å². The highest BCUT2D eigenvalue weighted by atomic mass is 32.2. The van der Waals surface area contributed by atoms with Gasteiger partial charge >= 0.3 is 0 Å². The number of nitrogens with one attached hydrogen (secondary N) is 1. The van der Waals surface area contributed by atoms with Crippen molar-refractivity contribution >= 4 is 27.8 Å². The molecular weight excluding hydrogens is 510 g/mol. The first-order valence-electron chi connectivity index (χ1n) is 12.8. The number of likely N-dealkylation sites (tertiary alicyclic amines) is 1. The molecular formula is C26H43N5O6S. The molecule has 0 bridgehead atoms. The van der Waals surface area contributed by atoms with Crippen LogP contribution in [-0.2, 0) is 19.4 Å². The van der Waals surface area contributed by atoms with Crippen LogP contribution in [0.1, 0.15) is 60.1 Å². The second-order valence-electron chi connectivity index (χ2n) is 9.10. The summed E-state index contributed by atoms with van der Waals surface area (Å²) in [6, 6.07) is 3.13. The minimum Gasteiger partial charge on any atom is -0.483 e. The zero-order chi connectivity index (χ0) is 28.9. The third-order valence-electron chi connectivity index (χ3n) is 5.09. The number of carbonyl (C=O) groups is 1. The van der Waals surface area contributed by atoms with Gasteiger partial charge in [0, 0.05) is 19.3 Å². The molecule has 0 saturated carbocycles. The molecule has 11 nitrogen and oxygen atoms in total. The van der Waals surface area contributed by atoms with Crippen molar-refractivity contribution in [2.75, 3.05) is 31.7 Å². The number of hydrogen-bond acceptors (Lipinski definition) is 11. The third kappa shape index (κ3) is 11.2. The first kappa shape index (κ1) is 33.0. The van der Waals surface area contributed by atoms with E-state index in [0.717, 1.165) is 32.2 Å². The highest BCUT2D eigenvalue weighted by molar-refractivity contribution is 7.90. The van der Waals surface area contributed by atoms with Crippen LogP contribution < -0.4 is 14.8 Å². The summed E-state index contributed by atoms with van der Waals surface area (Å²) in [6.07, 6.45) is 4.38. The van der Waals surface area contributed by atoms with E-state index in [2.05, 4.69) is 37.0 Å². The number of pyridine rings is 1. The number of nitrogens with zero attached hydrogens (tertiary/aromatic N) is 4. The molecule has 214 valence electrons. The summed E-state index contributed by atoms with van der Waals surface area (Å²) in [6.45, 7) is 15.6. The summed E-state index contributed by atoms with van der Waals surface area (Å²) >= 11 is 0. The Labute approximate surface area is 227 Å². The number of hydrogen-bond donors (Lipinski definition) is 1. The number of anilines is 2. The minimum absolute atomic E-state index is 0.0261. The largest absolute Gasteiger partial charge is 0.483 e. The van der Waals surface area contributed by atoms with Gasteiger partial charge in [0.25, 0.3) is 12.4 Å². The Morgan fingerprint density at radius 3 is 2.18 bits per heavy atom. The van der Waals surface area contributed by atoms with E-state index < -0.39 is 9.84 Å². The van der Waals surface area contributed by atoms with Crippen molar-refractivity contribution in [3.05, 3.63) is 24.2 Å². The first-order valence-corrected chi connectivity index (χ1v) is 14.7. The van der Waals surface area contributed by atoms with E-state index in [1.54, 1.807) is 26.8 Å². The lowest BCUT2D eigenvalue weighted by Crippen LogP contribution is -2.35. The van der Waals surface area contributed by atoms with E-state index in [1.807, 2.05) is 27.7 Å². The number of carbonyl (C=O) groups excluding carboxylic acids is 1. The van der Waals surface area contributed by atoms with Crippen LogP contribution in [0.2, 0.25) is 0 Å². The summed E-state index contributed by atoms with van der Waals surface area (Å²) in [5, 5.41) is 3.21. The maximum absolute atomic E-state index is 11.7. The SMILES string of the molecule is CC.CC(C)OC=O.Cc1nc(S(C)(=O)=O)ccc1Nc1ncnc(OC2CCN(C)CC2)c1OC(C)C. The lowest BCUT2D eigenvalue weighted by atomic mass is 10.1. The molecule has 0 radical (unpaired) electrons. The van der Waals surface area contributed by atoms with Gasteiger partial charge in [-0.25, -0.2) is 18.4 Å². The van der Waals surface area contributed by atoms with Crippen LogP contribution in [-0.4, -0.2) is 79.4 Å². The molecule has 1 aliphatic heterocycles. The number of ether oxygens (including phenoxy) is 3. The summed E-state index contributed by atoms with van der Waals surface area (Å²) in [5.74, 6) is 1.27. The van der Waals surface area contributed by atoms with Gasteiger partial charge < -0.3 is 24.4 Å². The number of piperidine rings is 1. The van der Waals surface area contributed by atoms with Crippen LogP contribution in [0.3, 0.4) is 0 Å². The van der Waals surface area contributed by atoms with Crippen LogP contribution in [0.15, 0.2) is 23.5 Å². The van der Waals surface area contributed by atoms with Gasteiger partial charge in [0.05, 0.1) is 23.6 Å². The van der Waals surface area contributed by atoms with Gasteiger partial charge in [0.1, 0.15) is 12.4 Å².